The molecule has 0 amide bonds. The molecular weight excluding hydrogens is 262 g/mol. The molecular formula is C13H25N3O2S. The lowest BCUT2D eigenvalue weighted by Gasteiger charge is -2.41. The summed E-state index contributed by atoms with van der Waals surface area (Å²) < 4.78 is 23.3. The molecule has 2 saturated heterocycles. The second kappa shape index (κ2) is 4.69. The maximum Gasteiger partial charge on any atom is 0.151 e. The molecule has 0 radical (unpaired) electrons. The molecule has 1 saturated carbocycles. The van der Waals surface area contributed by atoms with Gasteiger partial charge in [0.15, 0.2) is 9.84 Å². The van der Waals surface area contributed by atoms with Gasteiger partial charge in [0.25, 0.3) is 0 Å². The van der Waals surface area contributed by atoms with E-state index in [4.69, 9.17) is 5.73 Å². The number of likely N-dealkylation sites (tertiary alicyclic amines) is 1. The van der Waals surface area contributed by atoms with E-state index in [1.54, 1.807) is 0 Å². The van der Waals surface area contributed by atoms with Crippen molar-refractivity contribution in [3.8, 4) is 0 Å². The van der Waals surface area contributed by atoms with Crippen LogP contribution >= 0.6 is 0 Å². The van der Waals surface area contributed by atoms with Gasteiger partial charge in [-0.3, -0.25) is 9.80 Å². The molecule has 2 atom stereocenters. The zero-order valence-electron chi connectivity index (χ0n) is 11.7. The molecule has 6 heteroatoms. The fourth-order valence-corrected chi connectivity index (χ4v) is 5.48. The highest BCUT2D eigenvalue weighted by molar-refractivity contribution is 7.91. The number of sulfone groups is 1. The molecule has 2 heterocycles. The van der Waals surface area contributed by atoms with Gasteiger partial charge in [0.05, 0.1) is 11.5 Å². The van der Waals surface area contributed by atoms with Gasteiger partial charge in [-0.2, -0.15) is 0 Å². The van der Waals surface area contributed by atoms with Crippen LogP contribution < -0.4 is 5.73 Å². The Morgan fingerprint density at radius 3 is 2.63 bits per heavy atom. The summed E-state index contributed by atoms with van der Waals surface area (Å²) in [6, 6.07) is 0.932. The first kappa shape index (κ1) is 13.8. The lowest BCUT2D eigenvalue weighted by Crippen LogP contribution is -2.58. The summed E-state index contributed by atoms with van der Waals surface area (Å²) in [7, 11) is -0.740. The van der Waals surface area contributed by atoms with Crippen molar-refractivity contribution in [1.82, 2.24) is 9.80 Å². The maximum absolute atomic E-state index is 11.7. The molecule has 1 aliphatic carbocycles. The van der Waals surface area contributed by atoms with Crippen molar-refractivity contribution < 1.29 is 8.42 Å². The summed E-state index contributed by atoms with van der Waals surface area (Å²) in [4.78, 5) is 4.84. The Balaban J connectivity index is 1.71. The van der Waals surface area contributed by atoms with Crippen LogP contribution in [0.4, 0.5) is 0 Å². The molecule has 0 aromatic carbocycles. The molecule has 3 aliphatic rings. The quantitative estimate of drug-likeness (QED) is 0.767. The van der Waals surface area contributed by atoms with Crippen molar-refractivity contribution in [3.05, 3.63) is 0 Å². The van der Waals surface area contributed by atoms with E-state index in [0.717, 1.165) is 32.0 Å². The van der Waals surface area contributed by atoms with Gasteiger partial charge in [-0.1, -0.05) is 0 Å². The topological polar surface area (TPSA) is 66.6 Å². The normalized spacial score (nSPS) is 39.2. The fraction of sp³-hybridized carbons (Fsp3) is 1.00. The van der Waals surface area contributed by atoms with Crippen LogP contribution in [-0.4, -0.2) is 74.0 Å². The Labute approximate surface area is 116 Å². The monoisotopic (exact) mass is 287 g/mol. The van der Waals surface area contributed by atoms with Crippen molar-refractivity contribution in [3.63, 3.8) is 0 Å². The first-order valence-corrected chi connectivity index (χ1v) is 9.15. The van der Waals surface area contributed by atoms with E-state index in [1.807, 2.05) is 0 Å². The third kappa shape index (κ3) is 2.55. The lowest BCUT2D eigenvalue weighted by atomic mass is 9.94. The average Bonchev–Trinajstić information content (AvgIpc) is 3.03. The number of rotatable bonds is 4. The number of hydrogen-bond donors (Lipinski definition) is 1. The third-order valence-electron chi connectivity index (χ3n) is 5.31. The minimum Gasteiger partial charge on any atom is -0.329 e. The highest BCUT2D eigenvalue weighted by atomic mass is 32.2. The molecule has 0 bridgehead atoms. The summed E-state index contributed by atoms with van der Waals surface area (Å²) in [6.45, 7) is 2.76. The number of nitrogens with zero attached hydrogens (tertiary/aromatic N) is 2. The van der Waals surface area contributed by atoms with Gasteiger partial charge in [-0.25, -0.2) is 8.42 Å². The fourth-order valence-electron chi connectivity index (χ4n) is 3.71. The van der Waals surface area contributed by atoms with E-state index < -0.39 is 9.84 Å². The Morgan fingerprint density at radius 1 is 1.37 bits per heavy atom. The van der Waals surface area contributed by atoms with E-state index in [2.05, 4.69) is 16.8 Å². The summed E-state index contributed by atoms with van der Waals surface area (Å²) in [5, 5.41) is 0. The molecule has 19 heavy (non-hydrogen) atoms. The molecule has 3 fully saturated rings. The van der Waals surface area contributed by atoms with Gasteiger partial charge in [0, 0.05) is 37.3 Å². The van der Waals surface area contributed by atoms with E-state index >= 15 is 0 Å². The standard InChI is InChI=1S/C13H25N3O2S/c1-15(12-4-7-19(17,18)8-12)13(9-14)5-6-16(10-13)11-2-3-11/h11-12H,2-10,14H2,1H3. The van der Waals surface area contributed by atoms with Crippen molar-refractivity contribution in [2.24, 2.45) is 5.73 Å². The molecule has 0 aromatic heterocycles. The lowest BCUT2D eigenvalue weighted by molar-refractivity contribution is 0.0913. The molecule has 2 aliphatic heterocycles. The first-order valence-electron chi connectivity index (χ1n) is 7.33. The van der Waals surface area contributed by atoms with Crippen molar-refractivity contribution in [2.75, 3.05) is 38.2 Å². The average molecular weight is 287 g/mol. The number of nitrogens with two attached hydrogens (primary N) is 1. The molecule has 5 nitrogen and oxygen atoms in total. The van der Waals surface area contributed by atoms with Gasteiger partial charge in [-0.15, -0.1) is 0 Å². The number of hydrogen-bond acceptors (Lipinski definition) is 5. The predicted octanol–water partition coefficient (Wildman–Crippen LogP) is -0.329. The Morgan fingerprint density at radius 2 is 2.11 bits per heavy atom. The van der Waals surface area contributed by atoms with Gasteiger partial charge >= 0.3 is 0 Å². The summed E-state index contributed by atoms with van der Waals surface area (Å²) >= 11 is 0. The summed E-state index contributed by atoms with van der Waals surface area (Å²) in [5.74, 6) is 0.656. The van der Waals surface area contributed by atoms with Gasteiger partial charge in [0.2, 0.25) is 0 Å². The Hall–Kier alpha value is -0.170. The summed E-state index contributed by atoms with van der Waals surface area (Å²) in [5.41, 5.74) is 6.06. The van der Waals surface area contributed by atoms with Crippen LogP contribution in [0.25, 0.3) is 0 Å². The van der Waals surface area contributed by atoms with Crippen LogP contribution in [-0.2, 0) is 9.84 Å². The zero-order valence-corrected chi connectivity index (χ0v) is 12.5. The van der Waals surface area contributed by atoms with Crippen LogP contribution in [0.3, 0.4) is 0 Å². The maximum atomic E-state index is 11.7. The largest absolute Gasteiger partial charge is 0.329 e. The van der Waals surface area contributed by atoms with Crippen molar-refractivity contribution in [1.29, 1.82) is 0 Å². The number of likely N-dealkylation sites (N-methyl/N-ethyl adjacent to an activating group) is 1. The minimum atomic E-state index is -2.82. The minimum absolute atomic E-state index is 0.00683. The molecule has 0 spiro atoms. The molecule has 2 N–H and O–H groups in total. The molecule has 3 rings (SSSR count). The highest BCUT2D eigenvalue weighted by Crippen LogP contribution is 2.37. The molecule has 0 aromatic rings. The Bertz CT molecular complexity index is 449. The van der Waals surface area contributed by atoms with Gasteiger partial charge in [0.1, 0.15) is 0 Å². The van der Waals surface area contributed by atoms with E-state index in [1.165, 1.54) is 12.8 Å². The molecule has 2 unspecified atom stereocenters. The first-order chi connectivity index (χ1) is 8.96. The summed E-state index contributed by atoms with van der Waals surface area (Å²) in [6.07, 6.45) is 4.49. The van der Waals surface area contributed by atoms with E-state index in [-0.39, 0.29) is 11.6 Å². The zero-order chi connectivity index (χ0) is 13.7. The Kier molecular flexibility index (Phi) is 3.40. The van der Waals surface area contributed by atoms with E-state index in [0.29, 0.717) is 18.1 Å². The van der Waals surface area contributed by atoms with Crippen LogP contribution in [0.2, 0.25) is 0 Å². The smallest absolute Gasteiger partial charge is 0.151 e. The third-order valence-corrected chi connectivity index (χ3v) is 7.06. The van der Waals surface area contributed by atoms with Crippen LogP contribution in [0.1, 0.15) is 25.7 Å². The molecule has 110 valence electrons. The van der Waals surface area contributed by atoms with E-state index in [9.17, 15) is 8.42 Å². The van der Waals surface area contributed by atoms with Crippen molar-refractivity contribution >= 4 is 9.84 Å². The SMILES string of the molecule is CN(C1CCS(=O)(=O)C1)C1(CN)CCN(C2CC2)C1. The van der Waals surface area contributed by atoms with Crippen molar-refractivity contribution in [2.45, 2.75) is 43.3 Å². The van der Waals surface area contributed by atoms with Crippen LogP contribution in [0.15, 0.2) is 0 Å². The van der Waals surface area contributed by atoms with Gasteiger partial charge < -0.3 is 5.73 Å². The van der Waals surface area contributed by atoms with Gasteiger partial charge in [-0.05, 0) is 32.7 Å². The second-order valence-corrected chi connectivity index (χ2v) is 8.78. The van der Waals surface area contributed by atoms with Crippen LogP contribution in [0, 0.1) is 0 Å². The predicted molar refractivity (Wildman–Crippen MR) is 75.8 cm³/mol. The highest BCUT2D eigenvalue weighted by Gasteiger charge is 2.47. The second-order valence-electron chi connectivity index (χ2n) is 6.55. The van der Waals surface area contributed by atoms with Crippen LogP contribution in [0.5, 0.6) is 0 Å².